The van der Waals surface area contributed by atoms with E-state index >= 15 is 0 Å². The molecular formula is C12H25N3O. The third-order valence-electron chi connectivity index (χ3n) is 3.17. The number of carbonyl (C=O) groups excluding carboxylic acids is 1. The Kier molecular flexibility index (Phi) is 5.22. The highest BCUT2D eigenvalue weighted by Gasteiger charge is 2.31. The molecule has 1 fully saturated rings. The molecule has 0 aromatic heterocycles. The fraction of sp³-hybridized carbons (Fsp3) is 0.917. The molecule has 1 aliphatic rings. The minimum atomic E-state index is -0.252. The Labute approximate surface area is 98.6 Å². The summed E-state index contributed by atoms with van der Waals surface area (Å²) in [6.45, 7) is 6.29. The second-order valence-electron chi connectivity index (χ2n) is 5.15. The summed E-state index contributed by atoms with van der Waals surface area (Å²) in [6, 6.07) is 0.474. The highest BCUT2D eigenvalue weighted by atomic mass is 16.1. The molecular weight excluding hydrogens is 202 g/mol. The molecule has 0 bridgehead atoms. The van der Waals surface area contributed by atoms with E-state index in [0.29, 0.717) is 12.0 Å². The van der Waals surface area contributed by atoms with Crippen molar-refractivity contribution in [1.29, 1.82) is 0 Å². The lowest BCUT2D eigenvalue weighted by atomic mass is 10.1. The summed E-state index contributed by atoms with van der Waals surface area (Å²) in [6.07, 6.45) is 3.73. The van der Waals surface area contributed by atoms with Gasteiger partial charge in [0.05, 0.1) is 6.04 Å². The molecule has 0 heterocycles. The van der Waals surface area contributed by atoms with Gasteiger partial charge in [-0.25, -0.2) is 0 Å². The van der Waals surface area contributed by atoms with Gasteiger partial charge in [-0.1, -0.05) is 13.8 Å². The monoisotopic (exact) mass is 227 g/mol. The van der Waals surface area contributed by atoms with Gasteiger partial charge in [0.2, 0.25) is 5.91 Å². The Hall–Kier alpha value is -0.610. The average Bonchev–Trinajstić information content (AvgIpc) is 3.01. The molecule has 0 saturated heterocycles. The molecule has 0 aliphatic heterocycles. The van der Waals surface area contributed by atoms with Crippen LogP contribution in [-0.2, 0) is 4.79 Å². The second kappa shape index (κ2) is 6.21. The maximum Gasteiger partial charge on any atom is 0.235 e. The second-order valence-corrected chi connectivity index (χ2v) is 5.15. The Morgan fingerprint density at radius 3 is 2.50 bits per heavy atom. The Balaban J connectivity index is 2.40. The topological polar surface area (TPSA) is 58.4 Å². The van der Waals surface area contributed by atoms with E-state index in [0.717, 1.165) is 13.1 Å². The van der Waals surface area contributed by atoms with Crippen LogP contribution in [0.3, 0.4) is 0 Å². The van der Waals surface area contributed by atoms with E-state index in [-0.39, 0.29) is 11.9 Å². The molecule has 1 unspecified atom stereocenters. The molecule has 0 aromatic carbocycles. The highest BCUT2D eigenvalue weighted by molar-refractivity contribution is 5.80. The average molecular weight is 227 g/mol. The van der Waals surface area contributed by atoms with Crippen molar-refractivity contribution >= 4 is 5.91 Å². The van der Waals surface area contributed by atoms with Crippen molar-refractivity contribution in [3.63, 3.8) is 0 Å². The van der Waals surface area contributed by atoms with Crippen LogP contribution in [-0.4, -0.2) is 43.0 Å². The first-order valence-electron chi connectivity index (χ1n) is 6.25. The fourth-order valence-corrected chi connectivity index (χ4v) is 1.84. The fourth-order valence-electron chi connectivity index (χ4n) is 1.84. The van der Waals surface area contributed by atoms with Gasteiger partial charge in [-0.15, -0.1) is 0 Å². The number of nitrogens with one attached hydrogen (secondary N) is 1. The van der Waals surface area contributed by atoms with Crippen molar-refractivity contribution in [2.24, 2.45) is 11.7 Å². The molecule has 0 spiro atoms. The molecule has 94 valence electrons. The van der Waals surface area contributed by atoms with Crippen LogP contribution in [0.15, 0.2) is 0 Å². The molecule has 1 rings (SSSR count). The van der Waals surface area contributed by atoms with Gasteiger partial charge in [0.15, 0.2) is 0 Å². The molecule has 1 amide bonds. The zero-order valence-corrected chi connectivity index (χ0v) is 10.7. The number of nitrogens with zero attached hydrogens (tertiary/aromatic N) is 1. The van der Waals surface area contributed by atoms with E-state index in [1.165, 1.54) is 19.3 Å². The molecule has 1 atom stereocenters. The van der Waals surface area contributed by atoms with Crippen molar-refractivity contribution in [3.8, 4) is 0 Å². The number of likely N-dealkylation sites (N-methyl/N-ethyl adjacent to an activating group) is 1. The summed E-state index contributed by atoms with van der Waals surface area (Å²) < 4.78 is 0. The Bertz CT molecular complexity index is 226. The number of rotatable bonds is 8. The largest absolute Gasteiger partial charge is 0.368 e. The highest BCUT2D eigenvalue weighted by Crippen LogP contribution is 2.27. The number of carbonyl (C=O) groups is 1. The van der Waals surface area contributed by atoms with Crippen molar-refractivity contribution in [2.75, 3.05) is 20.1 Å². The van der Waals surface area contributed by atoms with E-state index < -0.39 is 0 Å². The third-order valence-corrected chi connectivity index (χ3v) is 3.17. The predicted octanol–water partition coefficient (Wildman–Crippen LogP) is 0.570. The summed E-state index contributed by atoms with van der Waals surface area (Å²) in [5.41, 5.74) is 5.34. The van der Waals surface area contributed by atoms with Crippen LogP contribution >= 0.6 is 0 Å². The summed E-state index contributed by atoms with van der Waals surface area (Å²) in [7, 11) is 1.79. The van der Waals surface area contributed by atoms with Crippen LogP contribution < -0.4 is 11.1 Å². The summed E-state index contributed by atoms with van der Waals surface area (Å²) >= 11 is 0. The van der Waals surface area contributed by atoms with Crippen molar-refractivity contribution in [2.45, 2.75) is 45.2 Å². The normalized spacial score (nSPS) is 18.1. The van der Waals surface area contributed by atoms with E-state index in [1.807, 2.05) is 0 Å². The number of amides is 1. The van der Waals surface area contributed by atoms with Gasteiger partial charge >= 0.3 is 0 Å². The molecule has 4 nitrogen and oxygen atoms in total. The predicted molar refractivity (Wildman–Crippen MR) is 66.1 cm³/mol. The van der Waals surface area contributed by atoms with Gasteiger partial charge in [0, 0.05) is 12.6 Å². The van der Waals surface area contributed by atoms with Crippen molar-refractivity contribution < 1.29 is 4.79 Å². The number of primary amides is 1. The number of hydrogen-bond acceptors (Lipinski definition) is 3. The molecule has 0 aromatic rings. The van der Waals surface area contributed by atoms with E-state index in [4.69, 9.17) is 5.73 Å². The molecule has 3 N–H and O–H groups in total. The van der Waals surface area contributed by atoms with Crippen molar-refractivity contribution in [3.05, 3.63) is 0 Å². The van der Waals surface area contributed by atoms with E-state index in [2.05, 4.69) is 24.1 Å². The lowest BCUT2D eigenvalue weighted by Crippen LogP contribution is -2.48. The minimum Gasteiger partial charge on any atom is -0.368 e. The first kappa shape index (κ1) is 13.5. The Morgan fingerprint density at radius 2 is 2.12 bits per heavy atom. The molecule has 4 heteroatoms. The van der Waals surface area contributed by atoms with Gasteiger partial charge in [-0.3, -0.25) is 9.69 Å². The molecule has 16 heavy (non-hydrogen) atoms. The van der Waals surface area contributed by atoms with Gasteiger partial charge in [-0.05, 0) is 38.8 Å². The maximum atomic E-state index is 11.2. The quantitative estimate of drug-likeness (QED) is 0.637. The zero-order valence-electron chi connectivity index (χ0n) is 10.7. The number of hydrogen-bond donors (Lipinski definition) is 2. The van der Waals surface area contributed by atoms with Gasteiger partial charge in [0.1, 0.15) is 0 Å². The smallest absolute Gasteiger partial charge is 0.235 e. The lowest BCUT2D eigenvalue weighted by molar-refractivity contribution is -0.120. The van der Waals surface area contributed by atoms with Crippen LogP contribution in [0.1, 0.15) is 33.1 Å². The summed E-state index contributed by atoms with van der Waals surface area (Å²) in [4.78, 5) is 13.6. The SMILES string of the molecule is CNC(CN(CCC(C)C)C1CC1)C(N)=O. The van der Waals surface area contributed by atoms with Gasteiger partial charge < -0.3 is 11.1 Å². The Morgan fingerprint density at radius 1 is 1.50 bits per heavy atom. The first-order valence-corrected chi connectivity index (χ1v) is 6.25. The standard InChI is InChI=1S/C12H25N3O/c1-9(2)6-7-15(10-4-5-10)8-11(14-3)12(13)16/h9-11,14H,4-8H2,1-3H3,(H2,13,16). The number of nitrogens with two attached hydrogens (primary N) is 1. The molecule has 0 radical (unpaired) electrons. The van der Waals surface area contributed by atoms with Crippen LogP contribution in [0, 0.1) is 5.92 Å². The first-order chi connectivity index (χ1) is 7.54. The van der Waals surface area contributed by atoms with Crippen molar-refractivity contribution in [1.82, 2.24) is 10.2 Å². The van der Waals surface area contributed by atoms with Gasteiger partial charge in [0.25, 0.3) is 0 Å². The minimum absolute atomic E-state index is 0.215. The van der Waals surface area contributed by atoms with Crippen LogP contribution in [0.25, 0.3) is 0 Å². The van der Waals surface area contributed by atoms with E-state index in [9.17, 15) is 4.79 Å². The maximum absolute atomic E-state index is 11.2. The van der Waals surface area contributed by atoms with Gasteiger partial charge in [-0.2, -0.15) is 0 Å². The summed E-state index contributed by atoms with van der Waals surface area (Å²) in [5.74, 6) is 0.459. The third kappa shape index (κ3) is 4.49. The van der Waals surface area contributed by atoms with E-state index in [1.54, 1.807) is 7.05 Å². The summed E-state index contributed by atoms with van der Waals surface area (Å²) in [5, 5.41) is 2.99. The zero-order chi connectivity index (χ0) is 12.1. The molecule has 1 saturated carbocycles. The lowest BCUT2D eigenvalue weighted by Gasteiger charge is -2.26. The van der Waals surface area contributed by atoms with Crippen LogP contribution in [0.4, 0.5) is 0 Å². The molecule has 1 aliphatic carbocycles. The van der Waals surface area contributed by atoms with Crippen LogP contribution in [0.5, 0.6) is 0 Å². The van der Waals surface area contributed by atoms with Crippen LogP contribution in [0.2, 0.25) is 0 Å².